The van der Waals surface area contributed by atoms with Gasteiger partial charge in [-0.15, -0.1) is 11.3 Å². The van der Waals surface area contributed by atoms with Crippen LogP contribution in [0.3, 0.4) is 0 Å². The van der Waals surface area contributed by atoms with Crippen molar-refractivity contribution in [1.29, 1.82) is 0 Å². The lowest BCUT2D eigenvalue weighted by Crippen LogP contribution is -2.33. The molecule has 0 bridgehead atoms. The average Bonchev–Trinajstić information content (AvgIpc) is 2.81. The molecule has 2 unspecified atom stereocenters. The molecular formula is C15H22ClNS. The molecule has 1 aromatic heterocycles. The second kappa shape index (κ2) is 4.81. The van der Waals surface area contributed by atoms with Gasteiger partial charge in [-0.1, -0.05) is 25.4 Å². The van der Waals surface area contributed by atoms with Crippen LogP contribution in [0.2, 0.25) is 4.34 Å². The van der Waals surface area contributed by atoms with Gasteiger partial charge in [0.2, 0.25) is 0 Å². The maximum atomic E-state index is 6.17. The molecule has 1 aromatic rings. The summed E-state index contributed by atoms with van der Waals surface area (Å²) in [4.78, 5) is 1.51. The molecule has 2 aliphatic rings. The maximum absolute atomic E-state index is 6.17. The van der Waals surface area contributed by atoms with Crippen molar-refractivity contribution in [3.05, 3.63) is 20.8 Å². The first-order valence-corrected chi connectivity index (χ1v) is 8.27. The van der Waals surface area contributed by atoms with E-state index in [4.69, 9.17) is 11.6 Å². The van der Waals surface area contributed by atoms with Crippen LogP contribution in [0.5, 0.6) is 0 Å². The van der Waals surface area contributed by atoms with Gasteiger partial charge in [0.1, 0.15) is 0 Å². The Morgan fingerprint density at radius 2 is 2.22 bits per heavy atom. The van der Waals surface area contributed by atoms with Crippen molar-refractivity contribution >= 4 is 22.9 Å². The van der Waals surface area contributed by atoms with Gasteiger partial charge < -0.3 is 5.32 Å². The first-order chi connectivity index (χ1) is 8.53. The molecule has 2 atom stereocenters. The zero-order chi connectivity index (χ0) is 12.8. The Bertz CT molecular complexity index is 438. The van der Waals surface area contributed by atoms with Crippen LogP contribution < -0.4 is 5.32 Å². The Kier molecular flexibility index (Phi) is 3.46. The minimum absolute atomic E-state index is 0.529. The van der Waals surface area contributed by atoms with Crippen LogP contribution in [0.4, 0.5) is 0 Å². The van der Waals surface area contributed by atoms with Crippen molar-refractivity contribution in [2.75, 3.05) is 0 Å². The van der Waals surface area contributed by atoms with E-state index >= 15 is 0 Å². The van der Waals surface area contributed by atoms with Crippen LogP contribution in [-0.4, -0.2) is 6.04 Å². The highest BCUT2D eigenvalue weighted by Crippen LogP contribution is 2.41. The van der Waals surface area contributed by atoms with Gasteiger partial charge in [-0.25, -0.2) is 0 Å². The molecule has 1 N–H and O–H groups in total. The summed E-state index contributed by atoms with van der Waals surface area (Å²) in [5.41, 5.74) is 2.02. The normalized spacial score (nSPS) is 30.4. The van der Waals surface area contributed by atoms with Crippen LogP contribution >= 0.6 is 22.9 Å². The Balaban J connectivity index is 1.71. The van der Waals surface area contributed by atoms with Crippen molar-refractivity contribution < 1.29 is 0 Å². The fourth-order valence-electron chi connectivity index (χ4n) is 3.56. The van der Waals surface area contributed by atoms with Crippen LogP contribution in [-0.2, 0) is 6.42 Å². The zero-order valence-electron chi connectivity index (χ0n) is 11.3. The largest absolute Gasteiger partial charge is 0.307 e. The molecule has 100 valence electrons. The van der Waals surface area contributed by atoms with Gasteiger partial charge >= 0.3 is 0 Å². The Hall–Kier alpha value is -0.0500. The SMILES string of the molecule is CC1(C)CCC(NC2CCCc3sc(Cl)cc32)C1. The quantitative estimate of drug-likeness (QED) is 0.810. The standard InChI is InChI=1S/C15H22ClNS/c1-15(2)7-6-10(9-15)17-12-4-3-5-13-11(12)8-14(16)18-13/h8,10,12,17H,3-7,9H2,1-2H3. The summed E-state index contributed by atoms with van der Waals surface area (Å²) >= 11 is 7.95. The number of fused-ring (bicyclic) bond motifs is 1. The second-order valence-corrected chi connectivity index (χ2v) is 8.41. The lowest BCUT2D eigenvalue weighted by atomic mass is 9.90. The van der Waals surface area contributed by atoms with Crippen LogP contribution in [0.1, 0.15) is 62.4 Å². The fraction of sp³-hybridized carbons (Fsp3) is 0.733. The number of thiophene rings is 1. The smallest absolute Gasteiger partial charge is 0.0934 e. The van der Waals surface area contributed by atoms with Gasteiger partial charge in [0.15, 0.2) is 0 Å². The minimum Gasteiger partial charge on any atom is -0.307 e. The molecule has 1 heterocycles. The fourth-order valence-corrected chi connectivity index (χ4v) is 4.94. The van der Waals surface area contributed by atoms with Crippen molar-refractivity contribution in [2.24, 2.45) is 5.41 Å². The molecule has 0 aliphatic heterocycles. The summed E-state index contributed by atoms with van der Waals surface area (Å²) in [5.74, 6) is 0. The molecule has 18 heavy (non-hydrogen) atoms. The van der Waals surface area contributed by atoms with E-state index in [-0.39, 0.29) is 0 Å². The molecule has 1 saturated carbocycles. The van der Waals surface area contributed by atoms with Gasteiger partial charge in [-0.05, 0) is 55.6 Å². The first-order valence-electron chi connectivity index (χ1n) is 7.08. The van der Waals surface area contributed by atoms with Crippen molar-refractivity contribution in [2.45, 2.75) is 64.5 Å². The number of aryl methyl sites for hydroxylation is 1. The number of rotatable bonds is 2. The zero-order valence-corrected chi connectivity index (χ0v) is 12.8. The molecule has 3 heteroatoms. The summed E-state index contributed by atoms with van der Waals surface area (Å²) in [7, 11) is 0. The van der Waals surface area contributed by atoms with E-state index in [1.807, 2.05) is 0 Å². The highest BCUT2D eigenvalue weighted by atomic mass is 35.5. The Morgan fingerprint density at radius 1 is 1.39 bits per heavy atom. The first kappa shape index (κ1) is 13.0. The topological polar surface area (TPSA) is 12.0 Å². The Labute approximate surface area is 119 Å². The van der Waals surface area contributed by atoms with Crippen LogP contribution in [0, 0.1) is 5.41 Å². The Morgan fingerprint density at radius 3 is 2.94 bits per heavy atom. The molecule has 0 aromatic carbocycles. The third-order valence-corrected chi connectivity index (χ3v) is 5.83. The molecule has 0 amide bonds. The maximum Gasteiger partial charge on any atom is 0.0934 e. The molecule has 1 fully saturated rings. The number of hydrogen-bond donors (Lipinski definition) is 1. The van der Waals surface area contributed by atoms with E-state index in [1.54, 1.807) is 11.3 Å². The van der Waals surface area contributed by atoms with Gasteiger partial charge in [-0.3, -0.25) is 0 Å². The molecule has 3 rings (SSSR count). The predicted molar refractivity (Wildman–Crippen MR) is 79.6 cm³/mol. The monoisotopic (exact) mass is 283 g/mol. The van der Waals surface area contributed by atoms with Crippen molar-refractivity contribution in [3.63, 3.8) is 0 Å². The van der Waals surface area contributed by atoms with E-state index in [0.29, 0.717) is 17.5 Å². The molecule has 1 nitrogen and oxygen atoms in total. The highest BCUT2D eigenvalue weighted by molar-refractivity contribution is 7.16. The summed E-state index contributed by atoms with van der Waals surface area (Å²) in [5, 5.41) is 3.89. The highest BCUT2D eigenvalue weighted by Gasteiger charge is 2.33. The lowest BCUT2D eigenvalue weighted by Gasteiger charge is -2.27. The summed E-state index contributed by atoms with van der Waals surface area (Å²) in [6.45, 7) is 4.78. The number of nitrogens with one attached hydrogen (secondary N) is 1. The summed E-state index contributed by atoms with van der Waals surface area (Å²) in [6, 6.07) is 3.45. The van der Waals surface area contributed by atoms with E-state index in [1.165, 1.54) is 49.0 Å². The summed E-state index contributed by atoms with van der Waals surface area (Å²) in [6.07, 6.45) is 7.80. The van der Waals surface area contributed by atoms with E-state index < -0.39 is 0 Å². The number of hydrogen-bond acceptors (Lipinski definition) is 2. The summed E-state index contributed by atoms with van der Waals surface area (Å²) < 4.78 is 0.959. The molecule has 0 spiro atoms. The van der Waals surface area contributed by atoms with Crippen LogP contribution in [0.15, 0.2) is 6.07 Å². The predicted octanol–water partition coefficient (Wildman–Crippen LogP) is 4.95. The van der Waals surface area contributed by atoms with Crippen molar-refractivity contribution in [1.82, 2.24) is 5.32 Å². The van der Waals surface area contributed by atoms with E-state index in [9.17, 15) is 0 Å². The number of halogens is 1. The van der Waals surface area contributed by atoms with Crippen LogP contribution in [0.25, 0.3) is 0 Å². The van der Waals surface area contributed by atoms with E-state index in [0.717, 1.165) is 4.34 Å². The molecular weight excluding hydrogens is 262 g/mol. The third-order valence-electron chi connectivity index (χ3n) is 4.49. The van der Waals surface area contributed by atoms with Gasteiger partial charge in [0, 0.05) is 17.0 Å². The lowest BCUT2D eigenvalue weighted by molar-refractivity contribution is 0.343. The third kappa shape index (κ3) is 2.61. The average molecular weight is 284 g/mol. The van der Waals surface area contributed by atoms with Crippen molar-refractivity contribution in [3.8, 4) is 0 Å². The molecule has 0 saturated heterocycles. The second-order valence-electron chi connectivity index (χ2n) is 6.64. The minimum atomic E-state index is 0.529. The van der Waals surface area contributed by atoms with Gasteiger partial charge in [0.05, 0.1) is 4.34 Å². The van der Waals surface area contributed by atoms with Gasteiger partial charge in [-0.2, -0.15) is 0 Å². The van der Waals surface area contributed by atoms with Gasteiger partial charge in [0.25, 0.3) is 0 Å². The van der Waals surface area contributed by atoms with E-state index in [2.05, 4.69) is 25.2 Å². The molecule has 0 radical (unpaired) electrons. The molecule has 2 aliphatic carbocycles.